The van der Waals surface area contributed by atoms with Crippen LogP contribution in [0.15, 0.2) is 0 Å². The van der Waals surface area contributed by atoms with E-state index < -0.39 is 8.19 Å². The fraction of sp³-hybridized carbons (Fsp3) is 1.00. The van der Waals surface area contributed by atoms with E-state index >= 15 is 0 Å². The molecule has 0 spiro atoms. The zero-order chi connectivity index (χ0) is 7.07. The van der Waals surface area contributed by atoms with Crippen LogP contribution >= 0.6 is 8.19 Å². The molecule has 1 saturated heterocycles. The molecule has 1 rings (SSSR count). The van der Waals surface area contributed by atoms with E-state index in [0.717, 1.165) is 9.34 Å². The highest BCUT2D eigenvalue weighted by molar-refractivity contribution is 7.61. The normalized spacial score (nSPS) is 29.3. The molecule has 0 aromatic rings. The fourth-order valence-electron chi connectivity index (χ4n) is 0.791. The SMILES string of the molecule is CN1CCN(C)[P+]1(F)F. The zero-order valence-electron chi connectivity index (χ0n) is 5.51. The maximum absolute atomic E-state index is 12.7. The monoisotopic (exact) mass is 155 g/mol. The van der Waals surface area contributed by atoms with Gasteiger partial charge in [-0.05, 0) is 0 Å². The van der Waals surface area contributed by atoms with Crippen LogP contribution in [0.2, 0.25) is 0 Å². The molecule has 54 valence electrons. The van der Waals surface area contributed by atoms with Gasteiger partial charge in [0.2, 0.25) is 0 Å². The van der Waals surface area contributed by atoms with Crippen LogP contribution in [0.25, 0.3) is 0 Å². The van der Waals surface area contributed by atoms with Crippen LogP contribution in [0.5, 0.6) is 0 Å². The smallest absolute Gasteiger partial charge is 0.106 e. The highest BCUT2D eigenvalue weighted by atomic mass is 31.3. The summed E-state index contributed by atoms with van der Waals surface area (Å²) in [6, 6.07) is 0. The third-order valence-electron chi connectivity index (χ3n) is 1.57. The number of halogens is 2. The molecule has 0 saturated carbocycles. The van der Waals surface area contributed by atoms with Gasteiger partial charge in [-0.1, -0.05) is 0 Å². The van der Waals surface area contributed by atoms with Gasteiger partial charge >= 0.3 is 8.19 Å². The molecule has 1 fully saturated rings. The van der Waals surface area contributed by atoms with Crippen molar-refractivity contribution >= 4 is 8.19 Å². The maximum Gasteiger partial charge on any atom is 0.541 e. The summed E-state index contributed by atoms with van der Waals surface area (Å²) in [7, 11) is -0.870. The summed E-state index contributed by atoms with van der Waals surface area (Å²) in [5.41, 5.74) is 0. The lowest BCUT2D eigenvalue weighted by molar-refractivity contribution is 0.481. The van der Waals surface area contributed by atoms with Crippen molar-refractivity contribution in [3.8, 4) is 0 Å². The molecule has 0 amide bonds. The van der Waals surface area contributed by atoms with Crippen LogP contribution in [-0.2, 0) is 0 Å². The van der Waals surface area contributed by atoms with Gasteiger partial charge in [0, 0.05) is 22.5 Å². The Labute approximate surface area is 54.1 Å². The Morgan fingerprint density at radius 3 is 1.56 bits per heavy atom. The Bertz CT molecular complexity index is 107. The van der Waals surface area contributed by atoms with E-state index in [1.807, 2.05) is 0 Å². The summed E-state index contributed by atoms with van der Waals surface area (Å²) >= 11 is 0. The predicted molar refractivity (Wildman–Crippen MR) is 34.4 cm³/mol. The first-order valence-corrected chi connectivity index (χ1v) is 4.24. The van der Waals surface area contributed by atoms with Gasteiger partial charge in [0.15, 0.2) is 0 Å². The quantitative estimate of drug-likeness (QED) is 0.489. The lowest BCUT2D eigenvalue weighted by atomic mass is 10.6. The highest BCUT2D eigenvalue weighted by Gasteiger charge is 2.57. The van der Waals surface area contributed by atoms with Crippen LogP contribution in [0.4, 0.5) is 8.39 Å². The second-order valence-corrected chi connectivity index (χ2v) is 4.50. The molecule has 0 atom stereocenters. The Morgan fingerprint density at radius 1 is 1.11 bits per heavy atom. The number of rotatable bonds is 0. The standard InChI is InChI=1S/C4H10F2N2P/c1-7-3-4-8(2)9(7,5)6/h3-4H2,1-2H3/q+1. The van der Waals surface area contributed by atoms with Gasteiger partial charge in [-0.25, -0.2) is 0 Å². The zero-order valence-corrected chi connectivity index (χ0v) is 6.41. The first-order chi connectivity index (χ1) is 4.05. The molecule has 1 aliphatic rings. The van der Waals surface area contributed by atoms with Gasteiger partial charge in [0.1, 0.15) is 0 Å². The molecule has 0 aliphatic carbocycles. The minimum atomic E-state index is -3.81. The van der Waals surface area contributed by atoms with Gasteiger partial charge in [0.25, 0.3) is 0 Å². The molecule has 0 aromatic heterocycles. The molecule has 0 N–H and O–H groups in total. The molecule has 1 aliphatic heterocycles. The average Bonchev–Trinajstić information content (AvgIpc) is 1.96. The van der Waals surface area contributed by atoms with E-state index in [0.29, 0.717) is 13.1 Å². The minimum Gasteiger partial charge on any atom is -0.106 e. The molecule has 0 bridgehead atoms. The van der Waals surface area contributed by atoms with Gasteiger partial charge < -0.3 is 0 Å². The summed E-state index contributed by atoms with van der Waals surface area (Å²) in [5.74, 6) is 0. The molecule has 0 radical (unpaired) electrons. The summed E-state index contributed by atoms with van der Waals surface area (Å²) in [4.78, 5) is 0. The van der Waals surface area contributed by atoms with Crippen LogP contribution in [0, 0.1) is 0 Å². The third-order valence-corrected chi connectivity index (χ3v) is 3.61. The first-order valence-electron chi connectivity index (χ1n) is 2.76. The highest BCUT2D eigenvalue weighted by Crippen LogP contribution is 2.69. The van der Waals surface area contributed by atoms with E-state index in [2.05, 4.69) is 0 Å². The van der Waals surface area contributed by atoms with Gasteiger partial charge in [-0.2, -0.15) is 0 Å². The summed E-state index contributed by atoms with van der Waals surface area (Å²) in [6.07, 6.45) is 0. The molecular weight excluding hydrogens is 145 g/mol. The third kappa shape index (κ3) is 1.07. The van der Waals surface area contributed by atoms with Crippen molar-refractivity contribution in [3.05, 3.63) is 0 Å². The van der Waals surface area contributed by atoms with Crippen LogP contribution < -0.4 is 0 Å². The van der Waals surface area contributed by atoms with E-state index in [1.165, 1.54) is 14.1 Å². The number of likely N-dealkylation sites (N-methyl/N-ethyl adjacent to an activating group) is 2. The lowest BCUT2D eigenvalue weighted by Gasteiger charge is -2.09. The molecule has 0 aromatic carbocycles. The Balaban J connectivity index is 2.66. The lowest BCUT2D eigenvalue weighted by Crippen LogP contribution is -2.11. The minimum absolute atomic E-state index is 0.497. The van der Waals surface area contributed by atoms with Gasteiger partial charge in [-0.15, -0.1) is 9.34 Å². The second kappa shape index (κ2) is 2.11. The predicted octanol–water partition coefficient (Wildman–Crippen LogP) is 1.48. The second-order valence-electron chi connectivity index (χ2n) is 2.22. The van der Waals surface area contributed by atoms with Crippen LogP contribution in [-0.4, -0.2) is 36.5 Å². The van der Waals surface area contributed by atoms with Crippen LogP contribution in [0.1, 0.15) is 0 Å². The topological polar surface area (TPSA) is 6.48 Å². The van der Waals surface area contributed by atoms with E-state index in [4.69, 9.17) is 0 Å². The van der Waals surface area contributed by atoms with Crippen molar-refractivity contribution in [1.29, 1.82) is 0 Å². The largest absolute Gasteiger partial charge is 0.541 e. The molecule has 1 heterocycles. The molecule has 9 heavy (non-hydrogen) atoms. The van der Waals surface area contributed by atoms with Gasteiger partial charge in [-0.3, -0.25) is 0 Å². The maximum atomic E-state index is 12.7. The molecule has 2 nitrogen and oxygen atoms in total. The number of nitrogens with zero attached hydrogens (tertiary/aromatic N) is 2. The summed E-state index contributed by atoms with van der Waals surface area (Å²) in [6.45, 7) is 0.995. The fourth-order valence-corrected chi connectivity index (χ4v) is 1.97. The number of hydrogen-bond donors (Lipinski definition) is 0. The van der Waals surface area contributed by atoms with E-state index in [1.54, 1.807) is 0 Å². The van der Waals surface area contributed by atoms with E-state index in [-0.39, 0.29) is 0 Å². The van der Waals surface area contributed by atoms with Crippen molar-refractivity contribution in [1.82, 2.24) is 9.34 Å². The van der Waals surface area contributed by atoms with E-state index in [9.17, 15) is 8.39 Å². The number of hydrogen-bond acceptors (Lipinski definition) is 2. The van der Waals surface area contributed by atoms with Crippen LogP contribution in [0.3, 0.4) is 0 Å². The first kappa shape index (κ1) is 7.32. The van der Waals surface area contributed by atoms with Crippen molar-refractivity contribution in [2.24, 2.45) is 0 Å². The summed E-state index contributed by atoms with van der Waals surface area (Å²) in [5, 5.41) is 0. The van der Waals surface area contributed by atoms with Crippen molar-refractivity contribution < 1.29 is 8.39 Å². The van der Waals surface area contributed by atoms with Crippen molar-refractivity contribution in [3.63, 3.8) is 0 Å². The summed E-state index contributed by atoms with van der Waals surface area (Å²) < 4.78 is 27.7. The Hall–Kier alpha value is 0.210. The van der Waals surface area contributed by atoms with Crippen molar-refractivity contribution in [2.45, 2.75) is 0 Å². The van der Waals surface area contributed by atoms with Gasteiger partial charge in [0.05, 0.1) is 13.1 Å². The average molecular weight is 155 g/mol. The molecular formula is C4H10F2N2P+. The van der Waals surface area contributed by atoms with Crippen molar-refractivity contribution in [2.75, 3.05) is 27.2 Å². The molecule has 5 heteroatoms. The Morgan fingerprint density at radius 2 is 1.44 bits per heavy atom. The Kier molecular flexibility index (Phi) is 1.72. The molecule has 0 unspecified atom stereocenters.